The Hall–Kier alpha value is -6.79. The standard InChI is InChI=1S/C43H26N6/c1-2-7-28(8-3-1)38-26-49-24-21-35-39(43(49)48-38)34-10-4-5-11-37(34)47-40(35)30-14-12-27(13-15-30)31-17-19-36(46-25-31)32-20-23-45-42-33(32)18-16-29-9-6-22-44-41(29)42/h1-26H. The SMILES string of the molecule is c1ccc(-c2cn3ccc4c(-c5ccc(-c6ccc(-c7ccnc8c7ccc7cccnc78)nc6)cc5)nc5ccccc5c4c3n2)cc1. The van der Waals surface area contributed by atoms with Crippen molar-refractivity contribution < 1.29 is 0 Å². The van der Waals surface area contributed by atoms with Crippen LogP contribution in [-0.4, -0.2) is 29.3 Å². The molecule has 4 aromatic carbocycles. The third-order valence-corrected chi connectivity index (χ3v) is 9.37. The van der Waals surface area contributed by atoms with Gasteiger partial charge in [0.25, 0.3) is 0 Å². The highest BCUT2D eigenvalue weighted by Crippen LogP contribution is 2.37. The first-order valence-corrected chi connectivity index (χ1v) is 16.2. The molecule has 0 bridgehead atoms. The molecule has 6 heterocycles. The Kier molecular flexibility index (Phi) is 6.08. The molecule has 6 aromatic heterocycles. The van der Waals surface area contributed by atoms with E-state index in [4.69, 9.17) is 15.0 Å². The summed E-state index contributed by atoms with van der Waals surface area (Å²) in [7, 11) is 0. The molecule has 0 atom stereocenters. The molecule has 0 aliphatic rings. The number of nitrogens with zero attached hydrogens (tertiary/aromatic N) is 6. The molecule has 0 radical (unpaired) electrons. The Morgan fingerprint density at radius 1 is 0.469 bits per heavy atom. The van der Waals surface area contributed by atoms with Crippen molar-refractivity contribution >= 4 is 49.1 Å². The van der Waals surface area contributed by atoms with E-state index in [9.17, 15) is 0 Å². The van der Waals surface area contributed by atoms with Crippen molar-refractivity contribution in [1.82, 2.24) is 29.3 Å². The Morgan fingerprint density at radius 3 is 2.16 bits per heavy atom. The fourth-order valence-corrected chi connectivity index (χ4v) is 6.97. The van der Waals surface area contributed by atoms with E-state index in [-0.39, 0.29) is 0 Å². The van der Waals surface area contributed by atoms with Crippen LogP contribution in [0.4, 0.5) is 0 Å². The summed E-state index contributed by atoms with van der Waals surface area (Å²) < 4.78 is 2.12. The highest BCUT2D eigenvalue weighted by atomic mass is 15.0. The fourth-order valence-electron chi connectivity index (χ4n) is 6.97. The molecule has 0 saturated carbocycles. The molecule has 0 aliphatic carbocycles. The molecule has 0 N–H and O–H groups in total. The average Bonchev–Trinajstić information content (AvgIpc) is 3.63. The van der Waals surface area contributed by atoms with E-state index in [1.54, 1.807) is 0 Å². The largest absolute Gasteiger partial charge is 0.306 e. The topological polar surface area (TPSA) is 68.9 Å². The molecule has 10 rings (SSSR count). The van der Waals surface area contributed by atoms with Gasteiger partial charge in [0, 0.05) is 80.2 Å². The summed E-state index contributed by atoms with van der Waals surface area (Å²) in [4.78, 5) is 24.5. The third kappa shape index (κ3) is 4.46. The van der Waals surface area contributed by atoms with Crippen LogP contribution in [0.1, 0.15) is 0 Å². The molecule has 0 aliphatic heterocycles. The monoisotopic (exact) mass is 626 g/mol. The van der Waals surface area contributed by atoms with Crippen LogP contribution in [0.2, 0.25) is 0 Å². The lowest BCUT2D eigenvalue weighted by Gasteiger charge is -2.12. The predicted octanol–water partition coefficient (Wildman–Crippen LogP) is 10.2. The number of pyridine rings is 5. The number of fused-ring (bicyclic) bond motifs is 8. The predicted molar refractivity (Wildman–Crippen MR) is 198 cm³/mol. The van der Waals surface area contributed by atoms with E-state index in [1.807, 2.05) is 55.0 Å². The van der Waals surface area contributed by atoms with Crippen molar-refractivity contribution in [2.45, 2.75) is 0 Å². The van der Waals surface area contributed by atoms with Gasteiger partial charge in [-0.25, -0.2) is 9.97 Å². The van der Waals surface area contributed by atoms with Gasteiger partial charge in [-0.15, -0.1) is 0 Å². The molecule has 0 saturated heterocycles. The molecular weight excluding hydrogens is 601 g/mol. The third-order valence-electron chi connectivity index (χ3n) is 9.37. The lowest BCUT2D eigenvalue weighted by Crippen LogP contribution is -1.93. The van der Waals surface area contributed by atoms with Crippen molar-refractivity contribution in [2.75, 3.05) is 0 Å². The molecule has 49 heavy (non-hydrogen) atoms. The van der Waals surface area contributed by atoms with Crippen LogP contribution in [0, 0.1) is 0 Å². The number of benzene rings is 4. The molecule has 0 fully saturated rings. The minimum atomic E-state index is 0.886. The van der Waals surface area contributed by atoms with Gasteiger partial charge >= 0.3 is 0 Å². The quantitative estimate of drug-likeness (QED) is 0.182. The molecule has 6 nitrogen and oxygen atoms in total. The van der Waals surface area contributed by atoms with Crippen molar-refractivity contribution in [1.29, 1.82) is 0 Å². The molecule has 0 spiro atoms. The first-order valence-electron chi connectivity index (χ1n) is 16.2. The van der Waals surface area contributed by atoms with Crippen molar-refractivity contribution in [3.63, 3.8) is 0 Å². The van der Waals surface area contributed by atoms with Crippen molar-refractivity contribution in [3.8, 4) is 44.9 Å². The maximum absolute atomic E-state index is 5.18. The molecule has 0 amide bonds. The van der Waals surface area contributed by atoms with Crippen molar-refractivity contribution in [2.24, 2.45) is 0 Å². The van der Waals surface area contributed by atoms with Gasteiger partial charge in [0.15, 0.2) is 0 Å². The molecule has 10 aromatic rings. The Balaban J connectivity index is 1.04. The summed E-state index contributed by atoms with van der Waals surface area (Å²) in [5, 5.41) is 5.37. The summed E-state index contributed by atoms with van der Waals surface area (Å²) in [6.45, 7) is 0. The second-order valence-electron chi connectivity index (χ2n) is 12.2. The molecule has 228 valence electrons. The van der Waals surface area contributed by atoms with Gasteiger partial charge in [0.05, 0.1) is 33.6 Å². The molecular formula is C43H26N6. The number of aromatic nitrogens is 6. The van der Waals surface area contributed by atoms with Crippen LogP contribution in [0.25, 0.3) is 94.0 Å². The zero-order valence-electron chi connectivity index (χ0n) is 26.2. The van der Waals surface area contributed by atoms with Gasteiger partial charge in [0.1, 0.15) is 5.65 Å². The van der Waals surface area contributed by atoms with E-state index in [0.29, 0.717) is 0 Å². The molecule has 0 unspecified atom stereocenters. The normalized spacial score (nSPS) is 11.7. The zero-order valence-corrected chi connectivity index (χ0v) is 26.2. The van der Waals surface area contributed by atoms with E-state index < -0.39 is 0 Å². The highest BCUT2D eigenvalue weighted by Gasteiger charge is 2.16. The first kappa shape index (κ1) is 27.3. The van der Waals surface area contributed by atoms with E-state index in [0.717, 1.165) is 94.0 Å². The number of hydrogen-bond donors (Lipinski definition) is 0. The average molecular weight is 627 g/mol. The maximum Gasteiger partial charge on any atom is 0.146 e. The minimum absolute atomic E-state index is 0.886. The number of para-hydroxylation sites is 1. The van der Waals surface area contributed by atoms with Gasteiger partial charge in [0.2, 0.25) is 0 Å². The maximum atomic E-state index is 5.18. The van der Waals surface area contributed by atoms with Crippen LogP contribution in [0.3, 0.4) is 0 Å². The number of rotatable bonds is 4. The second kappa shape index (κ2) is 10.9. The van der Waals surface area contributed by atoms with E-state index >= 15 is 0 Å². The Morgan fingerprint density at radius 2 is 1.29 bits per heavy atom. The van der Waals surface area contributed by atoms with Crippen LogP contribution in [0.15, 0.2) is 158 Å². The number of imidazole rings is 1. The number of hydrogen-bond acceptors (Lipinski definition) is 5. The van der Waals surface area contributed by atoms with Crippen LogP contribution in [0.5, 0.6) is 0 Å². The molecule has 6 heteroatoms. The minimum Gasteiger partial charge on any atom is -0.306 e. The van der Waals surface area contributed by atoms with E-state index in [1.165, 1.54) is 0 Å². The summed E-state index contributed by atoms with van der Waals surface area (Å²) in [5.74, 6) is 0. The van der Waals surface area contributed by atoms with Gasteiger partial charge in [-0.1, -0.05) is 97.1 Å². The van der Waals surface area contributed by atoms with Gasteiger partial charge in [-0.05, 0) is 35.9 Å². The fraction of sp³-hybridized carbons (Fsp3) is 0. The highest BCUT2D eigenvalue weighted by molar-refractivity contribution is 6.16. The van der Waals surface area contributed by atoms with Crippen LogP contribution < -0.4 is 0 Å². The van der Waals surface area contributed by atoms with E-state index in [2.05, 4.69) is 118 Å². The van der Waals surface area contributed by atoms with Gasteiger partial charge in [-0.2, -0.15) is 0 Å². The second-order valence-corrected chi connectivity index (χ2v) is 12.2. The Bertz CT molecular complexity index is 2860. The van der Waals surface area contributed by atoms with Crippen LogP contribution in [-0.2, 0) is 0 Å². The first-order chi connectivity index (χ1) is 24.3. The van der Waals surface area contributed by atoms with Crippen LogP contribution >= 0.6 is 0 Å². The lowest BCUT2D eigenvalue weighted by molar-refractivity contribution is 1.20. The van der Waals surface area contributed by atoms with Gasteiger partial charge in [-0.3, -0.25) is 15.0 Å². The van der Waals surface area contributed by atoms with Crippen molar-refractivity contribution in [3.05, 3.63) is 158 Å². The zero-order chi connectivity index (χ0) is 32.3. The Labute approximate surface area is 281 Å². The summed E-state index contributed by atoms with van der Waals surface area (Å²) in [6, 6.07) is 43.9. The summed E-state index contributed by atoms with van der Waals surface area (Å²) in [6.07, 6.45) is 9.78. The smallest absolute Gasteiger partial charge is 0.146 e. The summed E-state index contributed by atoms with van der Waals surface area (Å²) in [5.41, 5.74) is 11.7. The van der Waals surface area contributed by atoms with Gasteiger partial charge < -0.3 is 4.40 Å². The summed E-state index contributed by atoms with van der Waals surface area (Å²) >= 11 is 0. The lowest BCUT2D eigenvalue weighted by atomic mass is 9.98.